The highest BCUT2D eigenvalue weighted by molar-refractivity contribution is 9.11. The molecule has 1 atom stereocenters. The van der Waals surface area contributed by atoms with Crippen molar-refractivity contribution in [1.29, 1.82) is 0 Å². The van der Waals surface area contributed by atoms with Crippen LogP contribution in [-0.4, -0.2) is 4.98 Å². The SMILES string of the molecule is NC(c1cc(Br)ccc1Br)c1cnccc1C(F)(F)F. The summed E-state index contributed by atoms with van der Waals surface area (Å²) < 4.78 is 40.4. The summed E-state index contributed by atoms with van der Waals surface area (Å²) in [6.07, 6.45) is -2.20. The third-order valence-electron chi connectivity index (χ3n) is 2.79. The molecule has 0 aliphatic heterocycles. The summed E-state index contributed by atoms with van der Waals surface area (Å²) >= 11 is 6.58. The minimum atomic E-state index is -4.46. The number of alkyl halides is 3. The van der Waals surface area contributed by atoms with Crippen LogP contribution in [-0.2, 0) is 6.18 Å². The van der Waals surface area contributed by atoms with Crippen LogP contribution in [0.1, 0.15) is 22.7 Å². The topological polar surface area (TPSA) is 38.9 Å². The van der Waals surface area contributed by atoms with Crippen molar-refractivity contribution < 1.29 is 13.2 Å². The predicted molar refractivity (Wildman–Crippen MR) is 77.1 cm³/mol. The summed E-state index contributed by atoms with van der Waals surface area (Å²) in [5.41, 5.74) is 5.72. The lowest BCUT2D eigenvalue weighted by atomic mass is 9.97. The molecule has 0 radical (unpaired) electrons. The normalized spacial score (nSPS) is 13.3. The summed E-state index contributed by atoms with van der Waals surface area (Å²) in [6, 6.07) is 5.19. The van der Waals surface area contributed by atoms with Crippen LogP contribution in [0.25, 0.3) is 0 Å². The maximum atomic E-state index is 13.0. The highest BCUT2D eigenvalue weighted by atomic mass is 79.9. The zero-order valence-corrected chi connectivity index (χ0v) is 13.1. The number of rotatable bonds is 2. The van der Waals surface area contributed by atoms with Crippen molar-refractivity contribution in [3.8, 4) is 0 Å². The Hall–Kier alpha value is -0.920. The van der Waals surface area contributed by atoms with Gasteiger partial charge in [-0.15, -0.1) is 0 Å². The van der Waals surface area contributed by atoms with Crippen molar-refractivity contribution in [2.24, 2.45) is 5.73 Å². The number of hydrogen-bond donors (Lipinski definition) is 1. The van der Waals surface area contributed by atoms with Gasteiger partial charge in [-0.2, -0.15) is 13.2 Å². The third kappa shape index (κ3) is 3.21. The Morgan fingerprint density at radius 2 is 1.80 bits per heavy atom. The van der Waals surface area contributed by atoms with Gasteiger partial charge in [0.25, 0.3) is 0 Å². The smallest absolute Gasteiger partial charge is 0.320 e. The fourth-order valence-electron chi connectivity index (χ4n) is 1.83. The maximum Gasteiger partial charge on any atom is 0.416 e. The molecular formula is C13H9Br2F3N2. The second-order valence-electron chi connectivity index (χ2n) is 4.10. The highest BCUT2D eigenvalue weighted by Gasteiger charge is 2.35. The fraction of sp³-hybridized carbons (Fsp3) is 0.154. The molecule has 2 nitrogen and oxygen atoms in total. The van der Waals surface area contributed by atoms with E-state index in [2.05, 4.69) is 36.8 Å². The van der Waals surface area contributed by atoms with Crippen LogP contribution in [0.4, 0.5) is 13.2 Å². The Labute approximate surface area is 130 Å². The highest BCUT2D eigenvalue weighted by Crippen LogP contribution is 2.37. The first-order valence-corrected chi connectivity index (χ1v) is 7.11. The van der Waals surface area contributed by atoms with E-state index in [4.69, 9.17) is 5.73 Å². The van der Waals surface area contributed by atoms with Crippen molar-refractivity contribution in [3.63, 3.8) is 0 Å². The van der Waals surface area contributed by atoms with Gasteiger partial charge < -0.3 is 5.73 Å². The van der Waals surface area contributed by atoms with Crippen molar-refractivity contribution in [2.45, 2.75) is 12.2 Å². The van der Waals surface area contributed by atoms with E-state index in [-0.39, 0.29) is 5.56 Å². The Bertz CT molecular complexity index is 629. The number of halogens is 5. The van der Waals surface area contributed by atoms with Crippen molar-refractivity contribution in [3.05, 3.63) is 62.3 Å². The second kappa shape index (κ2) is 5.83. The average Bonchev–Trinajstić information content (AvgIpc) is 2.40. The third-order valence-corrected chi connectivity index (χ3v) is 4.00. The molecule has 106 valence electrons. The van der Waals surface area contributed by atoms with E-state index in [1.165, 1.54) is 0 Å². The molecule has 1 heterocycles. The Morgan fingerprint density at radius 3 is 2.45 bits per heavy atom. The molecule has 20 heavy (non-hydrogen) atoms. The lowest BCUT2D eigenvalue weighted by Gasteiger charge is -2.19. The first-order chi connectivity index (χ1) is 9.30. The largest absolute Gasteiger partial charge is 0.416 e. The monoisotopic (exact) mass is 408 g/mol. The molecule has 0 saturated carbocycles. The van der Waals surface area contributed by atoms with Gasteiger partial charge in [0.1, 0.15) is 0 Å². The van der Waals surface area contributed by atoms with E-state index in [1.54, 1.807) is 18.2 Å². The summed E-state index contributed by atoms with van der Waals surface area (Å²) in [5, 5.41) is 0. The van der Waals surface area contributed by atoms with Crippen molar-refractivity contribution >= 4 is 31.9 Å². The van der Waals surface area contributed by atoms with Crippen LogP contribution in [0.2, 0.25) is 0 Å². The Balaban J connectivity index is 2.54. The van der Waals surface area contributed by atoms with Crippen LogP contribution >= 0.6 is 31.9 Å². The van der Waals surface area contributed by atoms with E-state index < -0.39 is 17.8 Å². The van der Waals surface area contributed by atoms with Crippen LogP contribution in [0.3, 0.4) is 0 Å². The lowest BCUT2D eigenvalue weighted by Crippen LogP contribution is -2.19. The quantitative estimate of drug-likeness (QED) is 0.782. The molecule has 0 saturated heterocycles. The van der Waals surface area contributed by atoms with E-state index in [0.29, 0.717) is 10.0 Å². The summed E-state index contributed by atoms with van der Waals surface area (Å²) in [7, 11) is 0. The van der Waals surface area contributed by atoms with Crippen LogP contribution < -0.4 is 5.73 Å². The van der Waals surface area contributed by atoms with Gasteiger partial charge in [0.2, 0.25) is 0 Å². The van der Waals surface area contributed by atoms with Crippen LogP contribution in [0.5, 0.6) is 0 Å². The molecule has 7 heteroatoms. The molecule has 0 aliphatic carbocycles. The molecule has 1 aromatic heterocycles. The zero-order valence-electron chi connectivity index (χ0n) is 9.96. The van der Waals surface area contributed by atoms with Crippen LogP contribution in [0, 0.1) is 0 Å². The molecule has 0 aliphatic rings. The van der Waals surface area contributed by atoms with Gasteiger partial charge in [-0.25, -0.2) is 0 Å². The predicted octanol–water partition coefficient (Wildman–Crippen LogP) is 4.67. The van der Waals surface area contributed by atoms with E-state index in [0.717, 1.165) is 22.9 Å². The molecule has 0 fully saturated rings. The minimum Gasteiger partial charge on any atom is -0.320 e. The van der Waals surface area contributed by atoms with Gasteiger partial charge in [-0.05, 0) is 29.8 Å². The number of nitrogens with two attached hydrogens (primary N) is 1. The van der Waals surface area contributed by atoms with Crippen molar-refractivity contribution in [1.82, 2.24) is 4.98 Å². The first kappa shape index (κ1) is 15.5. The van der Waals surface area contributed by atoms with Gasteiger partial charge in [0.05, 0.1) is 11.6 Å². The lowest BCUT2D eigenvalue weighted by molar-refractivity contribution is -0.138. The average molecular weight is 410 g/mol. The van der Waals surface area contributed by atoms with Gasteiger partial charge in [0, 0.05) is 26.9 Å². The molecular weight excluding hydrogens is 401 g/mol. The number of pyridine rings is 1. The minimum absolute atomic E-state index is 0.0567. The molecule has 1 aromatic carbocycles. The summed E-state index contributed by atoms with van der Waals surface area (Å²) in [6.45, 7) is 0. The molecule has 2 N–H and O–H groups in total. The standard InChI is InChI=1S/C13H9Br2F3N2/c14-7-1-2-11(15)8(5-7)12(19)9-6-20-4-3-10(9)13(16,17)18/h1-6,12H,19H2. The van der Waals surface area contributed by atoms with Gasteiger partial charge in [-0.3, -0.25) is 4.98 Å². The van der Waals surface area contributed by atoms with Crippen molar-refractivity contribution in [2.75, 3.05) is 0 Å². The second-order valence-corrected chi connectivity index (χ2v) is 5.87. The van der Waals surface area contributed by atoms with Gasteiger partial charge in [0.15, 0.2) is 0 Å². The number of aromatic nitrogens is 1. The van der Waals surface area contributed by atoms with E-state index in [9.17, 15) is 13.2 Å². The van der Waals surface area contributed by atoms with Gasteiger partial charge in [-0.1, -0.05) is 31.9 Å². The Kier molecular flexibility index (Phi) is 4.51. The molecule has 0 bridgehead atoms. The molecule has 0 amide bonds. The number of nitrogens with zero attached hydrogens (tertiary/aromatic N) is 1. The van der Waals surface area contributed by atoms with E-state index >= 15 is 0 Å². The first-order valence-electron chi connectivity index (χ1n) is 5.52. The van der Waals surface area contributed by atoms with E-state index in [1.807, 2.05) is 0 Å². The molecule has 1 unspecified atom stereocenters. The summed E-state index contributed by atoms with van der Waals surface area (Å²) in [5.74, 6) is 0. The number of benzene rings is 1. The zero-order chi connectivity index (χ0) is 14.9. The number of hydrogen-bond acceptors (Lipinski definition) is 2. The maximum absolute atomic E-state index is 13.0. The fourth-order valence-corrected chi connectivity index (χ4v) is 2.71. The Morgan fingerprint density at radius 1 is 1.10 bits per heavy atom. The molecule has 2 rings (SSSR count). The molecule has 2 aromatic rings. The van der Waals surface area contributed by atoms with Gasteiger partial charge >= 0.3 is 6.18 Å². The summed E-state index contributed by atoms with van der Waals surface area (Å²) in [4.78, 5) is 3.75. The molecule has 0 spiro atoms. The van der Waals surface area contributed by atoms with Crippen LogP contribution in [0.15, 0.2) is 45.6 Å².